The Morgan fingerprint density at radius 3 is 2.42 bits per heavy atom. The Labute approximate surface area is 159 Å². The van der Waals surface area contributed by atoms with E-state index in [1.54, 1.807) is 0 Å². The predicted octanol–water partition coefficient (Wildman–Crippen LogP) is 6.28. The highest BCUT2D eigenvalue weighted by Crippen LogP contribution is 2.24. The Morgan fingerprint density at radius 2 is 1.81 bits per heavy atom. The maximum atomic E-state index is 4.58. The molecule has 1 aromatic carbocycles. The van der Waals surface area contributed by atoms with Gasteiger partial charge < -0.3 is 4.90 Å². The minimum Gasteiger partial charge on any atom is -0.372 e. The van der Waals surface area contributed by atoms with Crippen LogP contribution >= 0.6 is 0 Å². The summed E-state index contributed by atoms with van der Waals surface area (Å²) in [6.07, 6.45) is 11.3. The predicted molar refractivity (Wildman–Crippen MR) is 116 cm³/mol. The zero-order valence-corrected chi connectivity index (χ0v) is 16.8. The first-order valence-corrected chi connectivity index (χ1v) is 9.71. The molecule has 1 heterocycles. The van der Waals surface area contributed by atoms with Gasteiger partial charge in [-0.2, -0.15) is 0 Å². The molecule has 2 nitrogen and oxygen atoms in total. The number of hydrogen-bond donors (Lipinski definition) is 0. The Balaban J connectivity index is 2.37. The molecule has 2 heteroatoms. The number of anilines is 1. The van der Waals surface area contributed by atoms with Crippen LogP contribution < -0.4 is 4.90 Å². The number of pyridine rings is 1. The van der Waals surface area contributed by atoms with E-state index in [4.69, 9.17) is 0 Å². The molecule has 2 rings (SSSR count). The number of benzene rings is 1. The second-order valence-corrected chi connectivity index (χ2v) is 6.77. The van der Waals surface area contributed by atoms with Crippen LogP contribution in [0.15, 0.2) is 43.1 Å². The van der Waals surface area contributed by atoms with Gasteiger partial charge in [-0.3, -0.25) is 4.98 Å². The summed E-state index contributed by atoms with van der Waals surface area (Å²) < 4.78 is 0. The number of allylic oxidation sites excluding steroid dienone is 1. The van der Waals surface area contributed by atoms with E-state index < -0.39 is 0 Å². The van der Waals surface area contributed by atoms with Crippen LogP contribution in [0.3, 0.4) is 0 Å². The minimum atomic E-state index is 0.874. The van der Waals surface area contributed by atoms with Crippen molar-refractivity contribution in [3.63, 3.8) is 0 Å². The van der Waals surface area contributed by atoms with Crippen molar-refractivity contribution in [1.29, 1.82) is 0 Å². The van der Waals surface area contributed by atoms with Crippen molar-refractivity contribution in [3.8, 4) is 0 Å². The number of hydrogen-bond acceptors (Lipinski definition) is 2. The van der Waals surface area contributed by atoms with Crippen LogP contribution in [0.5, 0.6) is 0 Å². The summed E-state index contributed by atoms with van der Waals surface area (Å²) in [6, 6.07) is 9.00. The fraction of sp³-hybridized carbons (Fsp3) is 0.375. The summed E-state index contributed by atoms with van der Waals surface area (Å²) in [5.74, 6) is 0. The van der Waals surface area contributed by atoms with Crippen LogP contribution in [0.4, 0.5) is 5.69 Å². The fourth-order valence-electron chi connectivity index (χ4n) is 3.31. The zero-order valence-electron chi connectivity index (χ0n) is 16.8. The molecule has 0 N–H and O–H groups in total. The van der Waals surface area contributed by atoms with E-state index in [2.05, 4.69) is 73.7 Å². The fourth-order valence-corrected chi connectivity index (χ4v) is 3.31. The smallest absolute Gasteiger partial charge is 0.0445 e. The standard InChI is InChI=1S/C24H32N2/c1-6-10-22-15-20(18-25-19(22)5)16-23-17-24(12-11-21(23)9-4)26(13-7-2)14-8-3/h6,9-12,15,17-18H,4,7-8,13-14,16H2,1-3,5H3/b10-6-. The van der Waals surface area contributed by atoms with Gasteiger partial charge in [-0.1, -0.05) is 44.7 Å². The number of rotatable bonds is 9. The number of aryl methyl sites for hydroxylation is 1. The van der Waals surface area contributed by atoms with E-state index >= 15 is 0 Å². The molecule has 26 heavy (non-hydrogen) atoms. The van der Waals surface area contributed by atoms with Gasteiger partial charge in [0.15, 0.2) is 0 Å². The topological polar surface area (TPSA) is 16.1 Å². The Morgan fingerprint density at radius 1 is 1.08 bits per heavy atom. The van der Waals surface area contributed by atoms with E-state index in [1.807, 2.05) is 19.2 Å². The van der Waals surface area contributed by atoms with Gasteiger partial charge in [-0.05, 0) is 73.6 Å². The largest absolute Gasteiger partial charge is 0.372 e. The third kappa shape index (κ3) is 5.08. The molecule has 0 amide bonds. The van der Waals surface area contributed by atoms with Gasteiger partial charge in [0.2, 0.25) is 0 Å². The monoisotopic (exact) mass is 348 g/mol. The minimum absolute atomic E-state index is 0.874. The van der Waals surface area contributed by atoms with E-state index in [0.29, 0.717) is 0 Å². The summed E-state index contributed by atoms with van der Waals surface area (Å²) >= 11 is 0. The molecule has 0 aliphatic heterocycles. The van der Waals surface area contributed by atoms with Crippen molar-refractivity contribution in [3.05, 3.63) is 71.1 Å². The summed E-state index contributed by atoms with van der Waals surface area (Å²) in [4.78, 5) is 7.06. The van der Waals surface area contributed by atoms with Gasteiger partial charge in [0.1, 0.15) is 0 Å². The molecule has 0 saturated carbocycles. The molecule has 0 saturated heterocycles. The van der Waals surface area contributed by atoms with Crippen LogP contribution in [0.2, 0.25) is 0 Å². The first-order valence-electron chi connectivity index (χ1n) is 9.71. The lowest BCUT2D eigenvalue weighted by Gasteiger charge is -2.25. The summed E-state index contributed by atoms with van der Waals surface area (Å²) in [5.41, 5.74) is 7.33. The highest BCUT2D eigenvalue weighted by atomic mass is 15.1. The van der Waals surface area contributed by atoms with E-state index in [9.17, 15) is 0 Å². The molecule has 0 aliphatic carbocycles. The maximum absolute atomic E-state index is 4.58. The van der Waals surface area contributed by atoms with Gasteiger partial charge in [0.05, 0.1) is 0 Å². The molecule has 0 bridgehead atoms. The van der Waals surface area contributed by atoms with E-state index in [1.165, 1.54) is 27.9 Å². The molecule has 1 aromatic heterocycles. The lowest BCUT2D eigenvalue weighted by atomic mass is 9.98. The summed E-state index contributed by atoms with van der Waals surface area (Å²) in [6.45, 7) is 14.8. The second-order valence-electron chi connectivity index (χ2n) is 6.77. The lowest BCUT2D eigenvalue weighted by Crippen LogP contribution is -2.25. The SMILES string of the molecule is C=Cc1ccc(N(CCC)CCC)cc1Cc1cnc(C)c(/C=C\C)c1. The van der Waals surface area contributed by atoms with Crippen LogP contribution in [-0.2, 0) is 6.42 Å². The van der Waals surface area contributed by atoms with Crippen molar-refractivity contribution < 1.29 is 0 Å². The number of nitrogens with zero attached hydrogens (tertiary/aromatic N) is 2. The van der Waals surface area contributed by atoms with Crippen molar-refractivity contribution in [2.24, 2.45) is 0 Å². The van der Waals surface area contributed by atoms with Gasteiger partial charge in [-0.15, -0.1) is 0 Å². The average Bonchev–Trinajstić information content (AvgIpc) is 2.64. The van der Waals surface area contributed by atoms with Crippen molar-refractivity contribution in [2.45, 2.75) is 47.0 Å². The Kier molecular flexibility index (Phi) is 7.65. The average molecular weight is 349 g/mol. The number of aromatic nitrogens is 1. The van der Waals surface area contributed by atoms with E-state index in [0.717, 1.165) is 38.0 Å². The van der Waals surface area contributed by atoms with Crippen molar-refractivity contribution in [1.82, 2.24) is 4.98 Å². The molecule has 0 radical (unpaired) electrons. The molecule has 0 atom stereocenters. The van der Waals surface area contributed by atoms with Crippen LogP contribution in [0, 0.1) is 6.92 Å². The summed E-state index contributed by atoms with van der Waals surface area (Å²) in [5, 5.41) is 0. The zero-order chi connectivity index (χ0) is 18.9. The van der Waals surface area contributed by atoms with Crippen molar-refractivity contribution in [2.75, 3.05) is 18.0 Å². The first-order chi connectivity index (χ1) is 12.6. The molecular formula is C24H32N2. The second kappa shape index (κ2) is 9.96. The summed E-state index contributed by atoms with van der Waals surface area (Å²) in [7, 11) is 0. The Hall–Kier alpha value is -2.35. The molecule has 138 valence electrons. The highest BCUT2D eigenvalue weighted by molar-refractivity contribution is 5.61. The molecule has 0 spiro atoms. The first kappa shape index (κ1) is 20.0. The van der Waals surface area contributed by atoms with Gasteiger partial charge in [0.25, 0.3) is 0 Å². The van der Waals surface area contributed by atoms with Gasteiger partial charge in [0, 0.05) is 30.7 Å². The quantitative estimate of drug-likeness (QED) is 0.530. The molecular weight excluding hydrogens is 316 g/mol. The lowest BCUT2D eigenvalue weighted by molar-refractivity contribution is 0.744. The van der Waals surface area contributed by atoms with Gasteiger partial charge >= 0.3 is 0 Å². The van der Waals surface area contributed by atoms with Gasteiger partial charge in [-0.25, -0.2) is 0 Å². The molecule has 0 unspecified atom stereocenters. The molecule has 0 aliphatic rings. The molecule has 2 aromatic rings. The van der Waals surface area contributed by atoms with Crippen LogP contribution in [0.1, 0.15) is 61.6 Å². The van der Waals surface area contributed by atoms with Crippen molar-refractivity contribution >= 4 is 17.8 Å². The molecule has 0 fully saturated rings. The third-order valence-electron chi connectivity index (χ3n) is 4.62. The van der Waals surface area contributed by atoms with E-state index in [-0.39, 0.29) is 0 Å². The normalized spacial score (nSPS) is 11.1. The Bertz CT molecular complexity index is 753. The highest BCUT2D eigenvalue weighted by Gasteiger charge is 2.09. The third-order valence-corrected chi connectivity index (χ3v) is 4.62. The van der Waals surface area contributed by atoms with Crippen LogP contribution in [0.25, 0.3) is 12.2 Å². The van der Waals surface area contributed by atoms with Crippen LogP contribution in [-0.4, -0.2) is 18.1 Å². The maximum Gasteiger partial charge on any atom is 0.0445 e.